The monoisotopic (exact) mass is 333 g/mol. The summed E-state index contributed by atoms with van der Waals surface area (Å²) in [5.74, 6) is 0.753. The lowest BCUT2D eigenvalue weighted by Gasteiger charge is -2.05. The van der Waals surface area contributed by atoms with Crippen LogP contribution in [0, 0.1) is 0 Å². The molecule has 0 radical (unpaired) electrons. The van der Waals surface area contributed by atoms with E-state index in [4.69, 9.17) is 10.2 Å². The van der Waals surface area contributed by atoms with Gasteiger partial charge in [0.2, 0.25) is 0 Å². The lowest BCUT2D eigenvalue weighted by Crippen LogP contribution is -2.10. The lowest BCUT2D eigenvalue weighted by atomic mass is 10.1. The molecule has 2 aromatic heterocycles. The van der Waals surface area contributed by atoms with Crippen molar-refractivity contribution in [3.8, 4) is 0 Å². The van der Waals surface area contributed by atoms with Crippen LogP contribution in [-0.4, -0.2) is 9.78 Å². The molecule has 20 heavy (non-hydrogen) atoms. The summed E-state index contributed by atoms with van der Waals surface area (Å²) >= 11 is 3.49. The second-order valence-corrected chi connectivity index (χ2v) is 5.68. The SMILES string of the molecule is CCCn1cc(C(N)c2cc3cccc(Br)c3o2)cn1. The first-order chi connectivity index (χ1) is 9.69. The fourth-order valence-corrected chi connectivity index (χ4v) is 2.72. The van der Waals surface area contributed by atoms with Crippen molar-refractivity contribution >= 4 is 26.9 Å². The molecule has 0 saturated carbocycles. The molecule has 3 rings (SSSR count). The molecule has 0 fully saturated rings. The molecule has 0 aliphatic rings. The van der Waals surface area contributed by atoms with Gasteiger partial charge in [0.1, 0.15) is 11.3 Å². The molecule has 2 N–H and O–H groups in total. The summed E-state index contributed by atoms with van der Waals surface area (Å²) in [7, 11) is 0. The van der Waals surface area contributed by atoms with Crippen molar-refractivity contribution in [1.29, 1.82) is 0 Å². The Balaban J connectivity index is 1.94. The maximum Gasteiger partial charge on any atom is 0.148 e. The van der Waals surface area contributed by atoms with E-state index in [1.54, 1.807) is 0 Å². The quantitative estimate of drug-likeness (QED) is 0.788. The van der Waals surface area contributed by atoms with E-state index >= 15 is 0 Å². The first-order valence-electron chi connectivity index (χ1n) is 6.65. The zero-order valence-corrected chi connectivity index (χ0v) is 12.8. The third kappa shape index (κ3) is 2.39. The Morgan fingerprint density at radius 2 is 2.30 bits per heavy atom. The van der Waals surface area contributed by atoms with Crippen LogP contribution < -0.4 is 5.73 Å². The van der Waals surface area contributed by atoms with Gasteiger partial charge in [0.25, 0.3) is 0 Å². The van der Waals surface area contributed by atoms with Gasteiger partial charge in [-0.25, -0.2) is 0 Å². The average Bonchev–Trinajstić information content (AvgIpc) is 3.05. The molecular formula is C15H16BrN3O. The fourth-order valence-electron chi connectivity index (χ4n) is 2.26. The molecule has 1 unspecified atom stereocenters. The first kappa shape index (κ1) is 13.4. The highest BCUT2D eigenvalue weighted by atomic mass is 79.9. The molecule has 0 amide bonds. The molecule has 1 atom stereocenters. The number of halogens is 1. The van der Waals surface area contributed by atoms with Crippen LogP contribution in [-0.2, 0) is 6.54 Å². The number of fused-ring (bicyclic) bond motifs is 1. The molecule has 1 aromatic carbocycles. The Labute approximate surface area is 125 Å². The van der Waals surface area contributed by atoms with Gasteiger partial charge in [-0.1, -0.05) is 19.1 Å². The van der Waals surface area contributed by atoms with Gasteiger partial charge < -0.3 is 10.2 Å². The van der Waals surface area contributed by atoms with Crippen molar-refractivity contribution in [1.82, 2.24) is 9.78 Å². The molecule has 5 heteroatoms. The Kier molecular flexibility index (Phi) is 3.63. The maximum atomic E-state index is 6.28. The highest BCUT2D eigenvalue weighted by molar-refractivity contribution is 9.10. The Morgan fingerprint density at radius 3 is 3.05 bits per heavy atom. The number of aromatic nitrogens is 2. The van der Waals surface area contributed by atoms with Crippen molar-refractivity contribution in [2.24, 2.45) is 5.73 Å². The van der Waals surface area contributed by atoms with Crippen LogP contribution in [0.15, 0.2) is 45.5 Å². The molecule has 2 heterocycles. The summed E-state index contributed by atoms with van der Waals surface area (Å²) in [6.07, 6.45) is 4.84. The summed E-state index contributed by atoms with van der Waals surface area (Å²) in [6.45, 7) is 3.02. The topological polar surface area (TPSA) is 57.0 Å². The van der Waals surface area contributed by atoms with Crippen LogP contribution >= 0.6 is 15.9 Å². The molecule has 0 aliphatic heterocycles. The lowest BCUT2D eigenvalue weighted by molar-refractivity contribution is 0.523. The van der Waals surface area contributed by atoms with Gasteiger partial charge in [-0.3, -0.25) is 4.68 Å². The normalized spacial score (nSPS) is 12.9. The van der Waals surface area contributed by atoms with Gasteiger partial charge in [-0.05, 0) is 34.5 Å². The third-order valence-electron chi connectivity index (χ3n) is 3.29. The largest absolute Gasteiger partial charge is 0.458 e. The number of benzene rings is 1. The average molecular weight is 334 g/mol. The molecule has 4 nitrogen and oxygen atoms in total. The fraction of sp³-hybridized carbons (Fsp3) is 0.267. The predicted octanol–water partition coefficient (Wildman–Crippen LogP) is 3.85. The van der Waals surface area contributed by atoms with Crippen LogP contribution in [0.25, 0.3) is 11.0 Å². The minimum atomic E-state index is -0.292. The predicted molar refractivity (Wildman–Crippen MR) is 82.5 cm³/mol. The van der Waals surface area contributed by atoms with Crippen LogP contribution in [0.4, 0.5) is 0 Å². The zero-order chi connectivity index (χ0) is 14.1. The van der Waals surface area contributed by atoms with E-state index in [1.165, 1.54) is 0 Å². The second kappa shape index (κ2) is 5.42. The molecular weight excluding hydrogens is 318 g/mol. The van der Waals surface area contributed by atoms with Crippen LogP contribution in [0.3, 0.4) is 0 Å². The minimum absolute atomic E-state index is 0.292. The van der Waals surface area contributed by atoms with Crippen LogP contribution in [0.1, 0.15) is 30.7 Å². The van der Waals surface area contributed by atoms with Gasteiger partial charge in [-0.2, -0.15) is 5.10 Å². The van der Waals surface area contributed by atoms with Gasteiger partial charge >= 0.3 is 0 Å². The maximum absolute atomic E-state index is 6.28. The van der Waals surface area contributed by atoms with E-state index in [0.717, 1.165) is 39.7 Å². The van der Waals surface area contributed by atoms with Crippen molar-refractivity contribution in [2.45, 2.75) is 25.9 Å². The first-order valence-corrected chi connectivity index (χ1v) is 7.44. The van der Waals surface area contributed by atoms with E-state index in [0.29, 0.717) is 0 Å². The van der Waals surface area contributed by atoms with Gasteiger partial charge in [-0.15, -0.1) is 0 Å². The smallest absolute Gasteiger partial charge is 0.148 e. The number of rotatable bonds is 4. The van der Waals surface area contributed by atoms with E-state index in [2.05, 4.69) is 28.0 Å². The summed E-state index contributed by atoms with van der Waals surface area (Å²) in [5.41, 5.74) is 8.08. The standard InChI is InChI=1S/C15H16BrN3O/c1-2-6-19-9-11(8-18-19)14(17)13-7-10-4-3-5-12(16)15(10)20-13/h3-5,7-9,14H,2,6,17H2,1H3. The van der Waals surface area contributed by atoms with Crippen LogP contribution in [0.5, 0.6) is 0 Å². The van der Waals surface area contributed by atoms with Gasteiger partial charge in [0.15, 0.2) is 0 Å². The Morgan fingerprint density at radius 1 is 1.45 bits per heavy atom. The number of aryl methyl sites for hydroxylation is 1. The van der Waals surface area contributed by atoms with E-state index in [1.807, 2.05) is 41.3 Å². The summed E-state index contributed by atoms with van der Waals surface area (Å²) in [5, 5.41) is 5.36. The van der Waals surface area contributed by atoms with E-state index < -0.39 is 0 Å². The number of para-hydroxylation sites is 1. The van der Waals surface area contributed by atoms with Crippen LogP contribution in [0.2, 0.25) is 0 Å². The molecule has 104 valence electrons. The van der Waals surface area contributed by atoms with E-state index in [-0.39, 0.29) is 6.04 Å². The molecule has 0 bridgehead atoms. The minimum Gasteiger partial charge on any atom is -0.458 e. The Hall–Kier alpha value is -1.59. The van der Waals surface area contributed by atoms with Crippen molar-refractivity contribution in [3.63, 3.8) is 0 Å². The number of nitrogens with two attached hydrogens (primary N) is 1. The Bertz CT molecular complexity index is 732. The second-order valence-electron chi connectivity index (χ2n) is 4.82. The molecule has 0 saturated heterocycles. The van der Waals surface area contributed by atoms with Crippen molar-refractivity contribution in [2.75, 3.05) is 0 Å². The van der Waals surface area contributed by atoms with Gasteiger partial charge in [0, 0.05) is 23.7 Å². The number of nitrogens with zero attached hydrogens (tertiary/aromatic N) is 2. The molecule has 3 aromatic rings. The van der Waals surface area contributed by atoms with Crippen molar-refractivity contribution < 1.29 is 4.42 Å². The summed E-state index contributed by atoms with van der Waals surface area (Å²) < 4.78 is 8.73. The van der Waals surface area contributed by atoms with Crippen molar-refractivity contribution in [3.05, 3.63) is 52.5 Å². The highest BCUT2D eigenvalue weighted by Crippen LogP contribution is 2.30. The zero-order valence-electron chi connectivity index (χ0n) is 11.2. The molecule has 0 spiro atoms. The summed E-state index contributed by atoms with van der Waals surface area (Å²) in [4.78, 5) is 0. The van der Waals surface area contributed by atoms with E-state index in [9.17, 15) is 0 Å². The number of furan rings is 1. The highest BCUT2D eigenvalue weighted by Gasteiger charge is 2.16. The number of hydrogen-bond donors (Lipinski definition) is 1. The summed E-state index contributed by atoms with van der Waals surface area (Å²) in [6, 6.07) is 7.65. The third-order valence-corrected chi connectivity index (χ3v) is 3.91. The molecule has 0 aliphatic carbocycles. The number of hydrogen-bond acceptors (Lipinski definition) is 3. The van der Waals surface area contributed by atoms with Gasteiger partial charge in [0.05, 0.1) is 16.7 Å².